The van der Waals surface area contributed by atoms with Crippen LogP contribution in [0.2, 0.25) is 0 Å². The van der Waals surface area contributed by atoms with E-state index in [1.807, 2.05) is 7.05 Å². The molecule has 3 N–H and O–H groups in total. The van der Waals surface area contributed by atoms with E-state index in [9.17, 15) is 22.4 Å². The zero-order chi connectivity index (χ0) is 27.4. The van der Waals surface area contributed by atoms with Crippen LogP contribution in [0.15, 0.2) is 48.7 Å². The molecule has 1 aliphatic rings. The number of anilines is 2. The predicted octanol–water partition coefficient (Wildman–Crippen LogP) is 4.53. The topological polar surface area (TPSA) is 74.5 Å². The fraction of sp³-hybridized carbons (Fsp3) is 0.286. The number of nitrogen functional groups attached to an aromatic ring is 1. The van der Waals surface area contributed by atoms with E-state index >= 15 is 0 Å². The lowest BCUT2D eigenvalue weighted by atomic mass is 10.0. The van der Waals surface area contributed by atoms with Gasteiger partial charge in [0.05, 0.1) is 5.56 Å². The van der Waals surface area contributed by atoms with Gasteiger partial charge < -0.3 is 16.0 Å². The SMILES string of the molecule is Cc1ccc(C(=O)Nc2cc(CN3CCN(C)CC3)cc(C(F)(F)F)c2)cc1C#Cc1cnc(N)c(F)c1. The summed E-state index contributed by atoms with van der Waals surface area (Å²) in [7, 11) is 2.01. The van der Waals surface area contributed by atoms with Crippen LogP contribution in [0.25, 0.3) is 0 Å². The second kappa shape index (κ2) is 11.2. The minimum Gasteiger partial charge on any atom is -0.381 e. The van der Waals surface area contributed by atoms with Gasteiger partial charge in [0, 0.05) is 61.3 Å². The van der Waals surface area contributed by atoms with Crippen molar-refractivity contribution in [2.24, 2.45) is 0 Å². The van der Waals surface area contributed by atoms with Crippen molar-refractivity contribution >= 4 is 17.4 Å². The van der Waals surface area contributed by atoms with Gasteiger partial charge in [-0.05, 0) is 61.5 Å². The van der Waals surface area contributed by atoms with Gasteiger partial charge in [-0.2, -0.15) is 13.2 Å². The van der Waals surface area contributed by atoms with Crippen molar-refractivity contribution in [3.63, 3.8) is 0 Å². The zero-order valence-electron chi connectivity index (χ0n) is 21.0. The molecular weight excluding hydrogens is 498 g/mol. The lowest BCUT2D eigenvalue weighted by Gasteiger charge is -2.32. The molecule has 0 bridgehead atoms. The molecule has 6 nitrogen and oxygen atoms in total. The van der Waals surface area contributed by atoms with Crippen molar-refractivity contribution in [2.75, 3.05) is 44.3 Å². The van der Waals surface area contributed by atoms with Crippen LogP contribution in [-0.2, 0) is 12.7 Å². The number of halogens is 4. The van der Waals surface area contributed by atoms with Gasteiger partial charge in [-0.1, -0.05) is 17.9 Å². The van der Waals surface area contributed by atoms with E-state index in [1.165, 1.54) is 12.3 Å². The lowest BCUT2D eigenvalue weighted by molar-refractivity contribution is -0.137. The van der Waals surface area contributed by atoms with Crippen LogP contribution in [0, 0.1) is 24.6 Å². The summed E-state index contributed by atoms with van der Waals surface area (Å²) in [5.74, 6) is 4.19. The summed E-state index contributed by atoms with van der Waals surface area (Å²) in [4.78, 5) is 21.0. The summed E-state index contributed by atoms with van der Waals surface area (Å²) >= 11 is 0. The summed E-state index contributed by atoms with van der Waals surface area (Å²) in [6, 6.07) is 9.59. The molecule has 0 atom stereocenters. The third-order valence-electron chi connectivity index (χ3n) is 6.29. The zero-order valence-corrected chi connectivity index (χ0v) is 21.0. The first-order valence-corrected chi connectivity index (χ1v) is 11.9. The molecule has 38 heavy (non-hydrogen) atoms. The molecule has 2 heterocycles. The molecule has 2 aromatic carbocycles. The Morgan fingerprint density at radius 1 is 1.08 bits per heavy atom. The van der Waals surface area contributed by atoms with Gasteiger partial charge in [0.1, 0.15) is 0 Å². The van der Waals surface area contributed by atoms with Gasteiger partial charge in [0.25, 0.3) is 5.91 Å². The molecule has 0 spiro atoms. The predicted molar refractivity (Wildman–Crippen MR) is 138 cm³/mol. The minimum atomic E-state index is -4.55. The maximum atomic E-state index is 13.7. The molecule has 1 aliphatic heterocycles. The van der Waals surface area contributed by atoms with Crippen molar-refractivity contribution in [1.82, 2.24) is 14.8 Å². The fourth-order valence-electron chi connectivity index (χ4n) is 4.04. The maximum absolute atomic E-state index is 13.7. The van der Waals surface area contributed by atoms with E-state index < -0.39 is 23.5 Å². The van der Waals surface area contributed by atoms with E-state index in [0.29, 0.717) is 23.2 Å². The Kier molecular flexibility index (Phi) is 7.99. The molecule has 1 fully saturated rings. The van der Waals surface area contributed by atoms with Crippen LogP contribution in [0.3, 0.4) is 0 Å². The lowest BCUT2D eigenvalue weighted by Crippen LogP contribution is -2.43. The number of rotatable bonds is 4. The van der Waals surface area contributed by atoms with Crippen LogP contribution in [0.5, 0.6) is 0 Å². The first kappa shape index (κ1) is 27.1. The molecular formula is C28H27F4N5O. The van der Waals surface area contributed by atoms with Gasteiger partial charge in [-0.3, -0.25) is 9.69 Å². The smallest absolute Gasteiger partial charge is 0.381 e. The number of carbonyl (C=O) groups excluding carboxylic acids is 1. The number of piperazine rings is 1. The molecule has 198 valence electrons. The molecule has 1 saturated heterocycles. The summed E-state index contributed by atoms with van der Waals surface area (Å²) < 4.78 is 54.5. The standard InChI is InChI=1S/C28H27F4N5O/c1-18-3-5-22(14-21(18)6-4-19-13-25(29)26(33)34-16-19)27(38)35-24-12-20(11-23(15-24)28(30,31)32)17-37-9-7-36(2)8-10-37/h3,5,11-16H,7-10,17H2,1-2H3,(H2,33,34)(H,35,38). The number of alkyl halides is 3. The maximum Gasteiger partial charge on any atom is 0.416 e. The first-order valence-electron chi connectivity index (χ1n) is 11.9. The number of benzene rings is 2. The number of amides is 1. The number of aryl methyl sites for hydroxylation is 1. The third-order valence-corrected chi connectivity index (χ3v) is 6.29. The van der Waals surface area contributed by atoms with Crippen LogP contribution >= 0.6 is 0 Å². The van der Waals surface area contributed by atoms with Crippen LogP contribution in [-0.4, -0.2) is 53.9 Å². The third kappa shape index (κ3) is 6.88. The second-order valence-electron chi connectivity index (χ2n) is 9.32. The molecule has 1 aromatic heterocycles. The highest BCUT2D eigenvalue weighted by Gasteiger charge is 2.31. The number of hydrogen-bond acceptors (Lipinski definition) is 5. The fourth-order valence-corrected chi connectivity index (χ4v) is 4.04. The van der Waals surface area contributed by atoms with Crippen LogP contribution < -0.4 is 11.1 Å². The molecule has 0 aliphatic carbocycles. The number of carbonyl (C=O) groups is 1. The van der Waals surface area contributed by atoms with Crippen molar-refractivity contribution in [3.8, 4) is 11.8 Å². The average Bonchev–Trinajstić information content (AvgIpc) is 2.86. The molecule has 0 radical (unpaired) electrons. The van der Waals surface area contributed by atoms with Crippen molar-refractivity contribution in [1.29, 1.82) is 0 Å². The van der Waals surface area contributed by atoms with Crippen molar-refractivity contribution in [2.45, 2.75) is 19.6 Å². The van der Waals surface area contributed by atoms with Gasteiger partial charge in [-0.15, -0.1) is 0 Å². The largest absolute Gasteiger partial charge is 0.416 e. The summed E-state index contributed by atoms with van der Waals surface area (Å²) in [5, 5.41) is 2.60. The minimum absolute atomic E-state index is 0.0607. The molecule has 1 amide bonds. The number of hydrogen-bond donors (Lipinski definition) is 2. The highest BCUT2D eigenvalue weighted by Crippen LogP contribution is 2.32. The van der Waals surface area contributed by atoms with E-state index in [1.54, 1.807) is 25.1 Å². The molecule has 10 heteroatoms. The Morgan fingerprint density at radius 2 is 1.82 bits per heavy atom. The molecule has 0 unspecified atom stereocenters. The van der Waals surface area contributed by atoms with E-state index in [0.717, 1.165) is 49.9 Å². The Labute approximate surface area is 218 Å². The number of nitrogens with two attached hydrogens (primary N) is 1. The van der Waals surface area contributed by atoms with Gasteiger partial charge in [0.15, 0.2) is 11.6 Å². The van der Waals surface area contributed by atoms with Crippen LogP contribution in [0.1, 0.15) is 38.2 Å². The quantitative estimate of drug-likeness (QED) is 0.387. The Balaban J connectivity index is 1.56. The highest BCUT2D eigenvalue weighted by atomic mass is 19.4. The number of aromatic nitrogens is 1. The molecule has 3 aromatic rings. The number of likely N-dealkylation sites (N-methyl/N-ethyl adjacent to an activating group) is 1. The Bertz CT molecular complexity index is 1400. The number of pyridine rings is 1. The van der Waals surface area contributed by atoms with Gasteiger partial charge in [-0.25, -0.2) is 9.37 Å². The average molecular weight is 526 g/mol. The van der Waals surface area contributed by atoms with Crippen molar-refractivity contribution in [3.05, 3.63) is 87.9 Å². The first-order chi connectivity index (χ1) is 18.0. The monoisotopic (exact) mass is 525 g/mol. The summed E-state index contributed by atoms with van der Waals surface area (Å²) in [6.07, 6.45) is -3.22. The van der Waals surface area contributed by atoms with E-state index in [2.05, 4.69) is 31.9 Å². The Morgan fingerprint density at radius 3 is 2.50 bits per heavy atom. The van der Waals surface area contributed by atoms with Crippen molar-refractivity contribution < 1.29 is 22.4 Å². The van der Waals surface area contributed by atoms with Crippen LogP contribution in [0.4, 0.5) is 29.1 Å². The summed E-state index contributed by atoms with van der Waals surface area (Å²) in [5.41, 5.74) is 6.91. The number of nitrogens with zero attached hydrogens (tertiary/aromatic N) is 3. The molecule has 0 saturated carbocycles. The second-order valence-corrected chi connectivity index (χ2v) is 9.32. The van der Waals surface area contributed by atoms with E-state index in [-0.39, 0.29) is 17.1 Å². The highest BCUT2D eigenvalue weighted by molar-refractivity contribution is 6.04. The summed E-state index contributed by atoms with van der Waals surface area (Å²) in [6.45, 7) is 5.33. The van der Waals surface area contributed by atoms with Gasteiger partial charge in [0.2, 0.25) is 0 Å². The number of nitrogens with one attached hydrogen (secondary N) is 1. The molecule has 4 rings (SSSR count). The Hall–Kier alpha value is -3.94. The van der Waals surface area contributed by atoms with Gasteiger partial charge >= 0.3 is 6.18 Å². The normalized spacial score (nSPS) is 14.6. The van der Waals surface area contributed by atoms with E-state index in [4.69, 9.17) is 5.73 Å².